The second-order valence-electron chi connectivity index (χ2n) is 6.43. The molecule has 1 aliphatic carbocycles. The lowest BCUT2D eigenvalue weighted by Gasteiger charge is -2.25. The highest BCUT2D eigenvalue weighted by Gasteiger charge is 2.36. The number of aliphatic carboxylic acids is 1. The first kappa shape index (κ1) is 16.2. The fourth-order valence-electron chi connectivity index (χ4n) is 2.58. The van der Waals surface area contributed by atoms with Gasteiger partial charge in [-0.25, -0.2) is 4.98 Å². The molecule has 1 aromatic carbocycles. The van der Waals surface area contributed by atoms with Crippen LogP contribution in [0.25, 0.3) is 0 Å². The Kier molecular flexibility index (Phi) is 4.13. The molecule has 1 heterocycles. The topological polar surface area (TPSA) is 92.4 Å². The van der Waals surface area contributed by atoms with Crippen LogP contribution in [-0.4, -0.2) is 28.5 Å². The number of nitrogens with one attached hydrogen (secondary N) is 1. The number of rotatable bonds is 6. The smallest absolute Gasteiger partial charge is 0.315 e. The summed E-state index contributed by atoms with van der Waals surface area (Å²) >= 11 is 0. The first-order valence-corrected chi connectivity index (χ1v) is 7.96. The Morgan fingerprint density at radius 1 is 1.33 bits per heavy atom. The molecule has 1 aromatic heterocycles. The number of benzene rings is 1. The number of hydrogen-bond donors (Lipinski definition) is 2. The van der Waals surface area contributed by atoms with Crippen molar-refractivity contribution in [3.05, 3.63) is 53.2 Å². The monoisotopic (exact) mass is 328 g/mol. The lowest BCUT2D eigenvalue weighted by Crippen LogP contribution is -2.44. The summed E-state index contributed by atoms with van der Waals surface area (Å²) in [7, 11) is 0. The normalized spacial score (nSPS) is 16.4. The Balaban J connectivity index is 1.75. The zero-order chi connectivity index (χ0) is 17.3. The quantitative estimate of drug-likeness (QED) is 0.850. The molecule has 3 rings (SSSR count). The van der Waals surface area contributed by atoms with Crippen LogP contribution in [0.4, 0.5) is 0 Å². The first-order valence-electron chi connectivity index (χ1n) is 7.96. The number of carbonyl (C=O) groups is 2. The molecule has 1 amide bonds. The Hall–Kier alpha value is -2.63. The molecule has 0 radical (unpaired) electrons. The summed E-state index contributed by atoms with van der Waals surface area (Å²) in [5, 5.41) is 12.3. The Morgan fingerprint density at radius 3 is 2.58 bits per heavy atom. The number of carboxylic acids is 1. The molecule has 1 unspecified atom stereocenters. The zero-order valence-corrected chi connectivity index (χ0v) is 13.7. The van der Waals surface area contributed by atoms with Gasteiger partial charge in [-0.15, -0.1) is 0 Å². The molecule has 1 atom stereocenters. The van der Waals surface area contributed by atoms with Crippen molar-refractivity contribution in [3.63, 3.8) is 0 Å². The van der Waals surface area contributed by atoms with Crippen molar-refractivity contribution >= 4 is 11.9 Å². The highest BCUT2D eigenvalue weighted by molar-refractivity contribution is 5.93. The van der Waals surface area contributed by atoms with Gasteiger partial charge < -0.3 is 14.8 Å². The van der Waals surface area contributed by atoms with Gasteiger partial charge in [0.2, 0.25) is 5.76 Å². The first-order chi connectivity index (χ1) is 11.4. The molecule has 2 aromatic rings. The van der Waals surface area contributed by atoms with E-state index >= 15 is 0 Å². The van der Waals surface area contributed by atoms with Crippen LogP contribution in [0, 0.1) is 6.92 Å². The second kappa shape index (κ2) is 6.11. The van der Waals surface area contributed by atoms with Gasteiger partial charge in [-0.05, 0) is 32.3 Å². The van der Waals surface area contributed by atoms with E-state index in [1.807, 2.05) is 6.07 Å². The van der Waals surface area contributed by atoms with E-state index in [0.717, 1.165) is 12.8 Å². The Bertz CT molecular complexity index is 765. The summed E-state index contributed by atoms with van der Waals surface area (Å²) in [6.07, 6.45) is 2.07. The summed E-state index contributed by atoms with van der Waals surface area (Å²) in [4.78, 5) is 28.4. The van der Waals surface area contributed by atoms with Crippen LogP contribution in [0.5, 0.6) is 0 Å². The number of amides is 1. The zero-order valence-electron chi connectivity index (χ0n) is 13.7. The molecule has 0 aliphatic heterocycles. The molecule has 6 nitrogen and oxygen atoms in total. The van der Waals surface area contributed by atoms with Crippen molar-refractivity contribution in [3.8, 4) is 0 Å². The van der Waals surface area contributed by atoms with Crippen LogP contribution in [0.15, 0.2) is 34.7 Å². The molecule has 1 saturated carbocycles. The van der Waals surface area contributed by atoms with Gasteiger partial charge in [0.1, 0.15) is 5.41 Å². The minimum atomic E-state index is -1.22. The van der Waals surface area contributed by atoms with Gasteiger partial charge in [0.25, 0.3) is 5.91 Å². The van der Waals surface area contributed by atoms with E-state index in [2.05, 4.69) is 10.3 Å². The second-order valence-corrected chi connectivity index (χ2v) is 6.43. The van der Waals surface area contributed by atoms with E-state index < -0.39 is 17.3 Å². The number of aryl methyl sites for hydroxylation is 1. The summed E-state index contributed by atoms with van der Waals surface area (Å²) in [6, 6.07) is 8.86. The molecule has 126 valence electrons. The van der Waals surface area contributed by atoms with Crippen molar-refractivity contribution < 1.29 is 19.1 Å². The van der Waals surface area contributed by atoms with Gasteiger partial charge in [-0.2, -0.15) is 0 Å². The third kappa shape index (κ3) is 3.04. The summed E-state index contributed by atoms with van der Waals surface area (Å²) in [6.45, 7) is 3.27. The van der Waals surface area contributed by atoms with Gasteiger partial charge in [-0.1, -0.05) is 30.3 Å². The minimum Gasteiger partial charge on any atom is -0.481 e. The highest BCUT2D eigenvalue weighted by atomic mass is 16.4. The number of aromatic nitrogens is 1. The Labute approximate surface area is 139 Å². The van der Waals surface area contributed by atoms with E-state index in [9.17, 15) is 14.7 Å². The van der Waals surface area contributed by atoms with Crippen molar-refractivity contribution in [1.29, 1.82) is 0 Å². The fourth-order valence-corrected chi connectivity index (χ4v) is 2.58. The predicted octanol–water partition coefficient (Wildman–Crippen LogP) is 2.63. The van der Waals surface area contributed by atoms with Crippen molar-refractivity contribution in [2.24, 2.45) is 0 Å². The predicted molar refractivity (Wildman–Crippen MR) is 87.0 cm³/mol. The third-order valence-electron chi connectivity index (χ3n) is 4.43. The molecular formula is C18H20N2O4. The maximum Gasteiger partial charge on any atom is 0.315 e. The Morgan fingerprint density at radius 2 is 2.00 bits per heavy atom. The van der Waals surface area contributed by atoms with Crippen LogP contribution >= 0.6 is 0 Å². The maximum atomic E-state index is 12.4. The van der Waals surface area contributed by atoms with Crippen LogP contribution in [0.3, 0.4) is 0 Å². The molecule has 1 fully saturated rings. The molecule has 6 heteroatoms. The minimum absolute atomic E-state index is 0.0376. The number of carbonyl (C=O) groups excluding carboxylic acids is 1. The summed E-state index contributed by atoms with van der Waals surface area (Å²) < 4.78 is 5.56. The van der Waals surface area contributed by atoms with Gasteiger partial charge in [0.05, 0.1) is 5.69 Å². The number of nitrogens with zero attached hydrogens (tertiary/aromatic N) is 1. The number of hydrogen-bond acceptors (Lipinski definition) is 4. The van der Waals surface area contributed by atoms with E-state index in [1.54, 1.807) is 38.1 Å². The van der Waals surface area contributed by atoms with Crippen molar-refractivity contribution in [2.75, 3.05) is 6.54 Å². The average Bonchev–Trinajstić information content (AvgIpc) is 3.35. The van der Waals surface area contributed by atoms with Crippen LogP contribution in [0.2, 0.25) is 0 Å². The van der Waals surface area contributed by atoms with Crippen molar-refractivity contribution in [1.82, 2.24) is 10.3 Å². The highest BCUT2D eigenvalue weighted by Crippen LogP contribution is 2.40. The molecule has 0 saturated heterocycles. The lowest BCUT2D eigenvalue weighted by molar-refractivity contribution is -0.142. The lowest BCUT2D eigenvalue weighted by atomic mass is 9.82. The maximum absolute atomic E-state index is 12.4. The average molecular weight is 328 g/mol. The summed E-state index contributed by atoms with van der Waals surface area (Å²) in [5.41, 5.74) is -0.0543. The molecule has 0 spiro atoms. The summed E-state index contributed by atoms with van der Waals surface area (Å²) in [5.74, 6) is -0.351. The number of carboxylic acid groups (broad SMARTS) is 1. The van der Waals surface area contributed by atoms with Crippen LogP contribution in [0.1, 0.15) is 53.4 Å². The van der Waals surface area contributed by atoms with Gasteiger partial charge in [0.15, 0.2) is 5.89 Å². The van der Waals surface area contributed by atoms with E-state index in [0.29, 0.717) is 23.1 Å². The standard InChI is InChI=1S/C18H20N2O4/c1-11-14(24-16(20-11)12-8-9-12)15(21)19-10-18(2,17(22)23)13-6-4-3-5-7-13/h3-7,12H,8-10H2,1-2H3,(H,19,21)(H,22,23). The van der Waals surface area contributed by atoms with Crippen molar-refractivity contribution in [2.45, 2.75) is 38.0 Å². The van der Waals surface area contributed by atoms with Gasteiger partial charge in [0, 0.05) is 12.5 Å². The van der Waals surface area contributed by atoms with Gasteiger partial charge in [-0.3, -0.25) is 9.59 Å². The van der Waals surface area contributed by atoms with Crippen LogP contribution in [-0.2, 0) is 10.2 Å². The van der Waals surface area contributed by atoms with E-state index in [4.69, 9.17) is 4.42 Å². The van der Waals surface area contributed by atoms with E-state index in [-0.39, 0.29) is 12.3 Å². The molecule has 0 bridgehead atoms. The molecule has 24 heavy (non-hydrogen) atoms. The largest absolute Gasteiger partial charge is 0.481 e. The molecule has 1 aliphatic rings. The molecular weight excluding hydrogens is 308 g/mol. The number of oxazole rings is 1. The van der Waals surface area contributed by atoms with E-state index in [1.165, 1.54) is 0 Å². The SMILES string of the molecule is Cc1nc(C2CC2)oc1C(=O)NCC(C)(C(=O)O)c1ccccc1. The molecule has 2 N–H and O–H groups in total. The third-order valence-corrected chi connectivity index (χ3v) is 4.43. The van der Waals surface area contributed by atoms with Gasteiger partial charge >= 0.3 is 5.97 Å². The van der Waals surface area contributed by atoms with Crippen LogP contribution < -0.4 is 5.32 Å². The fraction of sp³-hybridized carbons (Fsp3) is 0.389.